The normalized spacial score (nSPS) is 20.9. The summed E-state index contributed by atoms with van der Waals surface area (Å²) in [7, 11) is 0. The van der Waals surface area contributed by atoms with Gasteiger partial charge in [0, 0.05) is 30.3 Å². The largest absolute Gasteiger partial charge is 0.444 e. The Morgan fingerprint density at radius 3 is 2.60 bits per heavy atom. The third-order valence-electron chi connectivity index (χ3n) is 9.77. The molecule has 0 unspecified atom stereocenters. The molecule has 1 saturated carbocycles. The number of hydrogen-bond acceptors (Lipinski definition) is 9. The number of aromatic nitrogens is 3. The zero-order valence-electron chi connectivity index (χ0n) is 26.3. The minimum absolute atomic E-state index is 0.0616. The van der Waals surface area contributed by atoms with Crippen molar-refractivity contribution in [2.75, 3.05) is 18.4 Å². The number of carbonyl (C=O) groups excluding carboxylic acids is 3. The van der Waals surface area contributed by atoms with Crippen molar-refractivity contribution in [2.45, 2.75) is 103 Å². The number of thiophene rings is 1. The predicted molar refractivity (Wildman–Crippen MR) is 171 cm³/mol. The van der Waals surface area contributed by atoms with Crippen LogP contribution in [-0.4, -0.2) is 62.0 Å². The second-order valence-electron chi connectivity index (χ2n) is 14.2. The first-order valence-corrected chi connectivity index (χ1v) is 16.8. The summed E-state index contributed by atoms with van der Waals surface area (Å²) in [6.07, 6.45) is 8.37. The first-order valence-electron chi connectivity index (χ1n) is 16.0. The van der Waals surface area contributed by atoms with Gasteiger partial charge >= 0.3 is 6.09 Å². The van der Waals surface area contributed by atoms with Gasteiger partial charge in [0.05, 0.1) is 22.7 Å². The number of fused-ring (bicyclic) bond motifs is 5. The van der Waals surface area contributed by atoms with Crippen LogP contribution in [0, 0.1) is 12.8 Å². The molecule has 0 aromatic carbocycles. The summed E-state index contributed by atoms with van der Waals surface area (Å²) in [5.41, 5.74) is 1.76. The fourth-order valence-electron chi connectivity index (χ4n) is 7.73. The molecule has 7 rings (SSSR count). The van der Waals surface area contributed by atoms with Gasteiger partial charge in [0.1, 0.15) is 28.3 Å². The number of aryl methyl sites for hydroxylation is 2. The zero-order valence-corrected chi connectivity index (χ0v) is 27.1. The van der Waals surface area contributed by atoms with Crippen LogP contribution in [-0.2, 0) is 27.9 Å². The first kappa shape index (κ1) is 29.9. The molecule has 2 fully saturated rings. The van der Waals surface area contributed by atoms with Gasteiger partial charge in [-0.05, 0) is 77.0 Å². The van der Waals surface area contributed by atoms with E-state index < -0.39 is 17.2 Å². The van der Waals surface area contributed by atoms with E-state index in [0.717, 1.165) is 58.3 Å². The van der Waals surface area contributed by atoms with Crippen LogP contribution in [0.15, 0.2) is 17.2 Å². The molecule has 0 bridgehead atoms. The average molecular weight is 633 g/mol. The number of amides is 2. The highest BCUT2D eigenvalue weighted by Gasteiger charge is 2.46. The molecule has 238 valence electrons. The number of ketones is 1. The molecule has 4 aliphatic rings. The number of carbonyl (C=O) groups is 3. The number of nitrogens with zero attached hydrogens (tertiary/aromatic N) is 4. The molecule has 1 spiro atoms. The van der Waals surface area contributed by atoms with Crippen LogP contribution in [0.4, 0.5) is 16.3 Å². The quantitative estimate of drug-likeness (QED) is 0.411. The van der Waals surface area contributed by atoms with Crippen LogP contribution in [0.3, 0.4) is 0 Å². The van der Waals surface area contributed by atoms with Crippen molar-refractivity contribution in [3.8, 4) is 0 Å². The van der Waals surface area contributed by atoms with Crippen molar-refractivity contribution < 1.29 is 19.1 Å². The standard InChI is InChI=1S/C33H40N6O5S/c1-18-12-22(30(42)39-26(18)23(40)14-33(39)10-6-5-7-11-33)37-27-25-21-9-8-19(13-24(21)45-28(25)35-17-34-27)29(41)38-15-20(16-38)36-31(43)44-32(2,3)4/h12,17,19-20H,5-11,13-16H2,1-4H3,(H,36,43)(H,34,35,37)/t19-/m0/s1. The summed E-state index contributed by atoms with van der Waals surface area (Å²) < 4.78 is 7.13. The molecule has 2 aliphatic carbocycles. The average Bonchev–Trinajstić information content (AvgIpc) is 3.47. The highest BCUT2D eigenvalue weighted by Crippen LogP contribution is 2.44. The number of hydrogen-bond donors (Lipinski definition) is 2. The van der Waals surface area contributed by atoms with Gasteiger partial charge in [-0.25, -0.2) is 14.8 Å². The molecular weight excluding hydrogens is 592 g/mol. The molecular formula is C33H40N6O5S. The van der Waals surface area contributed by atoms with Gasteiger partial charge in [-0.1, -0.05) is 19.3 Å². The van der Waals surface area contributed by atoms with Crippen molar-refractivity contribution in [2.24, 2.45) is 5.92 Å². The molecule has 12 heteroatoms. The van der Waals surface area contributed by atoms with E-state index in [9.17, 15) is 19.2 Å². The maximum Gasteiger partial charge on any atom is 0.407 e. The molecule has 5 heterocycles. The Labute approximate surface area is 265 Å². The molecule has 0 radical (unpaired) electrons. The Kier molecular flexibility index (Phi) is 7.25. The molecule has 2 aliphatic heterocycles. The molecule has 2 N–H and O–H groups in total. The Balaban J connectivity index is 1.09. The second kappa shape index (κ2) is 10.9. The van der Waals surface area contributed by atoms with E-state index in [-0.39, 0.29) is 29.2 Å². The van der Waals surface area contributed by atoms with Crippen LogP contribution < -0.4 is 16.2 Å². The van der Waals surface area contributed by atoms with Crippen LogP contribution in [0.5, 0.6) is 0 Å². The van der Waals surface area contributed by atoms with Gasteiger partial charge < -0.3 is 20.3 Å². The summed E-state index contributed by atoms with van der Waals surface area (Å²) in [6, 6.07) is 1.68. The van der Waals surface area contributed by atoms with Crippen LogP contribution in [0.1, 0.15) is 92.2 Å². The van der Waals surface area contributed by atoms with Crippen molar-refractivity contribution in [1.29, 1.82) is 0 Å². The van der Waals surface area contributed by atoms with E-state index in [1.165, 1.54) is 6.33 Å². The van der Waals surface area contributed by atoms with Crippen LogP contribution in [0.25, 0.3) is 10.2 Å². The number of nitrogens with one attached hydrogen (secondary N) is 2. The highest BCUT2D eigenvalue weighted by atomic mass is 32.1. The van der Waals surface area contributed by atoms with Gasteiger partial charge in [-0.15, -0.1) is 11.3 Å². The number of pyridine rings is 1. The lowest BCUT2D eigenvalue weighted by Gasteiger charge is -2.41. The lowest BCUT2D eigenvalue weighted by molar-refractivity contribution is -0.140. The molecule has 11 nitrogen and oxygen atoms in total. The third kappa shape index (κ3) is 5.30. The van der Waals surface area contributed by atoms with Crippen LogP contribution in [0.2, 0.25) is 0 Å². The van der Waals surface area contributed by atoms with E-state index in [4.69, 9.17) is 4.74 Å². The Hall–Kier alpha value is -3.80. The molecule has 45 heavy (non-hydrogen) atoms. The monoisotopic (exact) mass is 632 g/mol. The van der Waals surface area contributed by atoms with Crippen molar-refractivity contribution in [3.05, 3.63) is 44.4 Å². The van der Waals surface area contributed by atoms with Gasteiger partial charge in [0.2, 0.25) is 5.91 Å². The lowest BCUT2D eigenvalue weighted by Crippen LogP contribution is -2.62. The van der Waals surface area contributed by atoms with Crippen LogP contribution >= 0.6 is 11.3 Å². The maximum atomic E-state index is 14.0. The van der Waals surface area contributed by atoms with Crippen molar-refractivity contribution in [3.63, 3.8) is 0 Å². The van der Waals surface area contributed by atoms with Gasteiger partial charge in [-0.2, -0.15) is 0 Å². The minimum atomic E-state index is -0.568. The number of likely N-dealkylation sites (tertiary alicyclic amines) is 1. The zero-order chi connectivity index (χ0) is 31.7. The number of rotatable bonds is 4. The molecule has 2 amide bonds. The predicted octanol–water partition coefficient (Wildman–Crippen LogP) is 4.99. The Morgan fingerprint density at radius 1 is 1.11 bits per heavy atom. The van der Waals surface area contributed by atoms with Gasteiger partial charge in [0.25, 0.3) is 5.56 Å². The van der Waals surface area contributed by atoms with E-state index in [1.54, 1.807) is 22.0 Å². The number of Topliss-reactive ketones (excluding diaryl/α,β-unsaturated/α-hetero) is 1. The van der Waals surface area contributed by atoms with Gasteiger partial charge in [0.15, 0.2) is 5.78 Å². The molecule has 3 aromatic heterocycles. The SMILES string of the molecule is Cc1cc(Nc2ncnc3sc4c(c23)CC[C@H](C(=O)N2CC(NC(=O)OC(C)(C)C)C2)C4)c(=O)n2c1C(=O)CC21CCCCC1. The molecule has 1 atom stereocenters. The number of ether oxygens (including phenoxy) is 1. The summed E-state index contributed by atoms with van der Waals surface area (Å²) >= 11 is 1.58. The summed E-state index contributed by atoms with van der Waals surface area (Å²) in [5, 5.41) is 7.10. The third-order valence-corrected chi connectivity index (χ3v) is 10.9. The number of anilines is 2. The minimum Gasteiger partial charge on any atom is -0.444 e. The molecule has 3 aromatic rings. The second-order valence-corrected chi connectivity index (χ2v) is 15.3. The van der Waals surface area contributed by atoms with E-state index >= 15 is 0 Å². The summed E-state index contributed by atoms with van der Waals surface area (Å²) in [5.74, 6) is 0.620. The summed E-state index contributed by atoms with van der Waals surface area (Å²) in [4.78, 5) is 65.4. The van der Waals surface area contributed by atoms with E-state index in [1.807, 2.05) is 32.6 Å². The van der Waals surface area contributed by atoms with Gasteiger partial charge in [-0.3, -0.25) is 19.0 Å². The first-order chi connectivity index (χ1) is 21.4. The fraction of sp³-hybridized carbons (Fsp3) is 0.576. The highest BCUT2D eigenvalue weighted by molar-refractivity contribution is 7.19. The Bertz CT molecular complexity index is 1780. The lowest BCUT2D eigenvalue weighted by atomic mass is 9.80. The topological polar surface area (TPSA) is 136 Å². The smallest absolute Gasteiger partial charge is 0.407 e. The molecule has 1 saturated heterocycles. The van der Waals surface area contributed by atoms with E-state index in [0.29, 0.717) is 56.0 Å². The summed E-state index contributed by atoms with van der Waals surface area (Å²) in [6.45, 7) is 8.34. The van der Waals surface area contributed by atoms with Crippen molar-refractivity contribution in [1.82, 2.24) is 24.8 Å². The van der Waals surface area contributed by atoms with Crippen molar-refractivity contribution >= 4 is 50.8 Å². The Morgan fingerprint density at radius 2 is 1.87 bits per heavy atom. The maximum absolute atomic E-state index is 14.0. The fourth-order valence-corrected chi connectivity index (χ4v) is 9.00. The number of alkyl carbamates (subject to hydrolysis) is 1. The van der Waals surface area contributed by atoms with E-state index in [2.05, 4.69) is 20.6 Å².